The molecule has 4 heterocycles. The molecule has 4 nitrogen and oxygen atoms in total. The van der Waals surface area contributed by atoms with Crippen LogP contribution in [0.1, 0.15) is 0 Å². The molecule has 0 saturated carbocycles. The van der Waals surface area contributed by atoms with Gasteiger partial charge in [-0.15, -0.1) is 0 Å². The van der Waals surface area contributed by atoms with Crippen molar-refractivity contribution < 1.29 is 4.42 Å². The first-order chi connectivity index (χ1) is 19.8. The molecule has 0 saturated heterocycles. The van der Waals surface area contributed by atoms with E-state index in [-0.39, 0.29) is 0 Å². The lowest BCUT2D eigenvalue weighted by molar-refractivity contribution is 0.671. The topological polar surface area (TPSA) is 43.9 Å². The lowest BCUT2D eigenvalue weighted by Gasteiger charge is -2.10. The second-order valence-electron chi connectivity index (χ2n) is 10.2. The van der Waals surface area contributed by atoms with Crippen LogP contribution in [0, 0.1) is 0 Å². The molecule has 0 radical (unpaired) electrons. The molecule has 0 atom stereocenters. The van der Waals surface area contributed by atoms with Crippen LogP contribution in [-0.2, 0) is 0 Å². The lowest BCUT2D eigenvalue weighted by atomic mass is 9.99. The third-order valence-electron chi connectivity index (χ3n) is 7.98. The molecule has 0 fully saturated rings. The molecule has 40 heavy (non-hydrogen) atoms. The van der Waals surface area contributed by atoms with Gasteiger partial charge in [0.15, 0.2) is 5.58 Å². The number of aromatic nitrogens is 3. The SMILES string of the molecule is c1ccc(-c2ccc3nc(-n4c5ccccc5c5c6ccccc6c6c7ccccc7oc6c54)ccc3n2)cc1. The van der Waals surface area contributed by atoms with Crippen molar-refractivity contribution in [3.8, 4) is 17.1 Å². The number of hydrogen-bond donors (Lipinski definition) is 0. The second kappa shape index (κ2) is 8.01. The van der Waals surface area contributed by atoms with E-state index in [1.165, 1.54) is 21.5 Å². The maximum atomic E-state index is 6.66. The van der Waals surface area contributed by atoms with E-state index in [1.807, 2.05) is 36.4 Å². The Morgan fingerprint density at radius 2 is 1.15 bits per heavy atom. The Bertz CT molecular complexity index is 2430. The number of pyridine rings is 2. The fourth-order valence-electron chi connectivity index (χ4n) is 6.26. The van der Waals surface area contributed by atoms with Crippen LogP contribution in [-0.4, -0.2) is 14.5 Å². The van der Waals surface area contributed by atoms with Crippen LogP contribution in [0.15, 0.2) is 132 Å². The molecule has 0 bridgehead atoms. The van der Waals surface area contributed by atoms with Crippen molar-refractivity contribution in [1.82, 2.24) is 14.5 Å². The summed E-state index contributed by atoms with van der Waals surface area (Å²) in [6, 6.07) is 44.0. The third kappa shape index (κ3) is 2.90. The number of furan rings is 1. The molecule has 0 aliphatic heterocycles. The Kier molecular flexibility index (Phi) is 4.30. The molecule has 9 aromatic rings. The number of fused-ring (bicyclic) bond motifs is 11. The molecular weight excluding hydrogens is 490 g/mol. The van der Waals surface area contributed by atoms with Crippen molar-refractivity contribution in [3.63, 3.8) is 0 Å². The monoisotopic (exact) mass is 511 g/mol. The summed E-state index contributed by atoms with van der Waals surface area (Å²) in [5.74, 6) is 0.838. The molecule has 0 aliphatic carbocycles. The predicted molar refractivity (Wildman–Crippen MR) is 164 cm³/mol. The highest BCUT2D eigenvalue weighted by Crippen LogP contribution is 2.45. The van der Waals surface area contributed by atoms with Crippen LogP contribution in [0.5, 0.6) is 0 Å². The first-order valence-corrected chi connectivity index (χ1v) is 13.4. The third-order valence-corrected chi connectivity index (χ3v) is 7.98. The Morgan fingerprint density at radius 1 is 0.500 bits per heavy atom. The van der Waals surface area contributed by atoms with Crippen LogP contribution in [0.3, 0.4) is 0 Å². The fourth-order valence-corrected chi connectivity index (χ4v) is 6.26. The summed E-state index contributed by atoms with van der Waals surface area (Å²) < 4.78 is 8.91. The van der Waals surface area contributed by atoms with E-state index in [2.05, 4.69) is 95.6 Å². The average Bonchev–Trinajstić information content (AvgIpc) is 3.58. The number of hydrogen-bond acceptors (Lipinski definition) is 3. The molecule has 5 aromatic carbocycles. The predicted octanol–water partition coefficient (Wildman–Crippen LogP) is 9.45. The zero-order valence-electron chi connectivity index (χ0n) is 21.4. The standard InChI is InChI=1S/C36H21N3O/c1-2-10-22(11-3-1)27-18-19-29-28(37-27)20-21-32(38-29)39-30-16-8-6-14-25(30)33-23-12-4-5-13-24(23)34-26-15-7-9-17-31(26)40-36(34)35(33)39/h1-21H. The average molecular weight is 512 g/mol. The first-order valence-electron chi connectivity index (χ1n) is 13.4. The normalized spacial score (nSPS) is 12.0. The van der Waals surface area contributed by atoms with E-state index in [4.69, 9.17) is 14.4 Å². The maximum absolute atomic E-state index is 6.66. The van der Waals surface area contributed by atoms with E-state index < -0.39 is 0 Å². The van der Waals surface area contributed by atoms with Gasteiger partial charge in [-0.1, -0.05) is 91.0 Å². The molecular formula is C36H21N3O. The summed E-state index contributed by atoms with van der Waals surface area (Å²) in [5.41, 5.74) is 7.64. The summed E-state index contributed by atoms with van der Waals surface area (Å²) in [6.07, 6.45) is 0. The number of para-hydroxylation sites is 2. The smallest absolute Gasteiger partial charge is 0.160 e. The minimum Gasteiger partial charge on any atom is -0.454 e. The molecule has 0 amide bonds. The van der Waals surface area contributed by atoms with Crippen LogP contribution >= 0.6 is 0 Å². The second-order valence-corrected chi connectivity index (χ2v) is 10.2. The quantitative estimate of drug-likeness (QED) is 0.232. The largest absolute Gasteiger partial charge is 0.454 e. The summed E-state index contributed by atoms with van der Waals surface area (Å²) in [4.78, 5) is 10.1. The lowest BCUT2D eigenvalue weighted by Crippen LogP contribution is -1.99. The van der Waals surface area contributed by atoms with Gasteiger partial charge in [-0.05, 0) is 47.2 Å². The fraction of sp³-hybridized carbons (Fsp3) is 0. The van der Waals surface area contributed by atoms with Crippen molar-refractivity contribution in [3.05, 3.63) is 127 Å². The van der Waals surface area contributed by atoms with Crippen molar-refractivity contribution in [2.24, 2.45) is 0 Å². The van der Waals surface area contributed by atoms with Gasteiger partial charge in [0.25, 0.3) is 0 Å². The van der Waals surface area contributed by atoms with Crippen molar-refractivity contribution in [2.45, 2.75) is 0 Å². The van der Waals surface area contributed by atoms with Crippen LogP contribution in [0.4, 0.5) is 0 Å². The number of nitrogens with zero attached hydrogens (tertiary/aromatic N) is 3. The van der Waals surface area contributed by atoms with E-state index in [1.54, 1.807) is 0 Å². The summed E-state index contributed by atoms with van der Waals surface area (Å²) in [7, 11) is 0. The van der Waals surface area contributed by atoms with Crippen LogP contribution in [0.25, 0.3) is 82.6 Å². The van der Waals surface area contributed by atoms with Crippen LogP contribution in [0.2, 0.25) is 0 Å². The van der Waals surface area contributed by atoms with E-state index >= 15 is 0 Å². The van der Waals surface area contributed by atoms with E-state index in [0.29, 0.717) is 0 Å². The highest BCUT2D eigenvalue weighted by Gasteiger charge is 2.23. The van der Waals surface area contributed by atoms with Crippen molar-refractivity contribution >= 4 is 65.6 Å². The highest BCUT2D eigenvalue weighted by molar-refractivity contribution is 6.34. The van der Waals surface area contributed by atoms with Gasteiger partial charge >= 0.3 is 0 Å². The Balaban J connectivity index is 1.41. The Hall–Kier alpha value is -5.48. The highest BCUT2D eigenvalue weighted by atomic mass is 16.3. The molecule has 9 rings (SSSR count). The molecule has 0 aliphatic rings. The van der Waals surface area contributed by atoms with Crippen LogP contribution < -0.4 is 0 Å². The van der Waals surface area contributed by atoms with Crippen molar-refractivity contribution in [1.29, 1.82) is 0 Å². The molecule has 186 valence electrons. The molecule has 4 aromatic heterocycles. The number of rotatable bonds is 2. The van der Waals surface area contributed by atoms with Gasteiger partial charge in [-0.3, -0.25) is 4.57 Å². The summed E-state index contributed by atoms with van der Waals surface area (Å²) in [5, 5.41) is 7.02. The zero-order chi connectivity index (χ0) is 26.2. The van der Waals surface area contributed by atoms with Crippen molar-refractivity contribution in [2.75, 3.05) is 0 Å². The summed E-state index contributed by atoms with van der Waals surface area (Å²) >= 11 is 0. The first kappa shape index (κ1) is 21.5. The Morgan fingerprint density at radius 3 is 2.00 bits per heavy atom. The minimum atomic E-state index is 0.838. The van der Waals surface area contributed by atoms with Gasteiger partial charge in [0, 0.05) is 27.1 Å². The summed E-state index contributed by atoms with van der Waals surface area (Å²) in [6.45, 7) is 0. The maximum Gasteiger partial charge on any atom is 0.160 e. The van der Waals surface area contributed by atoms with Gasteiger partial charge in [0.1, 0.15) is 11.4 Å². The zero-order valence-corrected chi connectivity index (χ0v) is 21.4. The van der Waals surface area contributed by atoms with E-state index in [0.717, 1.165) is 61.1 Å². The van der Waals surface area contributed by atoms with Gasteiger partial charge in [0.2, 0.25) is 0 Å². The Labute approximate surface area is 228 Å². The van der Waals surface area contributed by atoms with Gasteiger partial charge < -0.3 is 4.42 Å². The van der Waals surface area contributed by atoms with E-state index in [9.17, 15) is 0 Å². The van der Waals surface area contributed by atoms with Gasteiger partial charge in [-0.25, -0.2) is 9.97 Å². The molecule has 0 spiro atoms. The van der Waals surface area contributed by atoms with Gasteiger partial charge in [0.05, 0.1) is 27.8 Å². The van der Waals surface area contributed by atoms with Gasteiger partial charge in [-0.2, -0.15) is 0 Å². The minimum absolute atomic E-state index is 0.838. The number of benzene rings is 5. The molecule has 0 N–H and O–H groups in total. The molecule has 0 unspecified atom stereocenters. The molecule has 4 heteroatoms.